The number of hydrogen-bond donors (Lipinski definition) is 1. The average molecular weight is 215 g/mol. The third-order valence-electron chi connectivity index (χ3n) is 1.60. The molecule has 1 aromatic carbocycles. The van der Waals surface area contributed by atoms with Crippen molar-refractivity contribution in [2.45, 2.75) is 19.6 Å². The highest BCUT2D eigenvalue weighted by Crippen LogP contribution is 2.00. The first-order chi connectivity index (χ1) is 6.20. The highest BCUT2D eigenvalue weighted by atomic mass is 35.5. The van der Waals surface area contributed by atoms with E-state index >= 15 is 0 Å². The molecule has 0 amide bonds. The number of ether oxygens (including phenoxy) is 1. The van der Waals surface area contributed by atoms with Crippen LogP contribution in [0, 0.1) is 0 Å². The highest BCUT2D eigenvalue weighted by Gasteiger charge is 2.07. The maximum atomic E-state index is 11.0. The molecule has 0 bridgehead atoms. The van der Waals surface area contributed by atoms with Crippen LogP contribution in [0.25, 0.3) is 0 Å². The largest absolute Gasteiger partial charge is 1.00 e. The number of hydrogen-bond acceptors (Lipinski definition) is 3. The van der Waals surface area contributed by atoms with Gasteiger partial charge in [0.15, 0.2) is 0 Å². The van der Waals surface area contributed by atoms with Gasteiger partial charge in [0.25, 0.3) is 0 Å². The lowest BCUT2D eigenvalue weighted by Gasteiger charge is -2.06. The van der Waals surface area contributed by atoms with Crippen LogP contribution in [0.4, 0.5) is 0 Å². The highest BCUT2D eigenvalue weighted by molar-refractivity contribution is 5.74. The van der Waals surface area contributed by atoms with Gasteiger partial charge in [-0.1, -0.05) is 30.3 Å². The zero-order chi connectivity index (χ0) is 9.68. The maximum absolute atomic E-state index is 11.0. The average Bonchev–Trinajstić information content (AvgIpc) is 2.15. The molecule has 0 fully saturated rings. The van der Waals surface area contributed by atoms with Gasteiger partial charge in [0.2, 0.25) is 0 Å². The van der Waals surface area contributed by atoms with Gasteiger partial charge in [0.1, 0.15) is 12.6 Å². The van der Waals surface area contributed by atoms with Gasteiger partial charge in [-0.25, -0.2) is 0 Å². The summed E-state index contributed by atoms with van der Waals surface area (Å²) in [6.07, 6.45) is 0. The van der Waals surface area contributed by atoms with Crippen molar-refractivity contribution in [2.75, 3.05) is 0 Å². The molecule has 2 N–H and O–H groups in total. The number of rotatable bonds is 3. The third kappa shape index (κ3) is 4.25. The van der Waals surface area contributed by atoms with Crippen LogP contribution in [0.3, 0.4) is 0 Å². The normalized spacial score (nSPS) is 11.3. The Morgan fingerprint density at radius 1 is 1.43 bits per heavy atom. The van der Waals surface area contributed by atoms with Crippen LogP contribution in [0.15, 0.2) is 30.3 Å². The number of esters is 1. The molecule has 1 rings (SSSR count). The lowest BCUT2D eigenvalue weighted by atomic mass is 10.2. The van der Waals surface area contributed by atoms with E-state index in [1.165, 1.54) is 0 Å². The molecule has 0 aromatic heterocycles. The molecule has 0 aliphatic rings. The fraction of sp³-hybridized carbons (Fsp3) is 0.300. The van der Waals surface area contributed by atoms with Crippen molar-refractivity contribution in [2.24, 2.45) is 5.73 Å². The van der Waals surface area contributed by atoms with E-state index in [0.717, 1.165) is 5.56 Å². The molecule has 0 saturated carbocycles. The first-order valence-electron chi connectivity index (χ1n) is 4.16. The summed E-state index contributed by atoms with van der Waals surface area (Å²) in [6, 6.07) is 8.95. The molecular formula is C10H13ClNO2-. The van der Waals surface area contributed by atoms with E-state index in [9.17, 15) is 4.79 Å². The van der Waals surface area contributed by atoms with Crippen LogP contribution in [-0.2, 0) is 16.1 Å². The first-order valence-corrected chi connectivity index (χ1v) is 4.16. The second-order valence-corrected chi connectivity index (χ2v) is 2.88. The van der Waals surface area contributed by atoms with E-state index in [0.29, 0.717) is 6.61 Å². The Labute approximate surface area is 89.7 Å². The Bertz CT molecular complexity index is 275. The SMILES string of the molecule is CC(N)C(=O)OCc1ccccc1.[Cl-]. The summed E-state index contributed by atoms with van der Waals surface area (Å²) >= 11 is 0. The number of carbonyl (C=O) groups is 1. The van der Waals surface area contributed by atoms with Gasteiger partial charge < -0.3 is 22.9 Å². The van der Waals surface area contributed by atoms with Crippen molar-refractivity contribution < 1.29 is 21.9 Å². The molecule has 0 radical (unpaired) electrons. The summed E-state index contributed by atoms with van der Waals surface area (Å²) < 4.78 is 4.93. The van der Waals surface area contributed by atoms with Gasteiger partial charge in [0, 0.05) is 0 Å². The van der Waals surface area contributed by atoms with Crippen LogP contribution >= 0.6 is 0 Å². The molecule has 3 nitrogen and oxygen atoms in total. The predicted molar refractivity (Wildman–Crippen MR) is 49.9 cm³/mol. The molecule has 0 heterocycles. The topological polar surface area (TPSA) is 52.3 Å². The minimum absolute atomic E-state index is 0. The second-order valence-electron chi connectivity index (χ2n) is 2.88. The summed E-state index contributed by atoms with van der Waals surface area (Å²) in [6.45, 7) is 1.90. The predicted octanol–water partition coefficient (Wildman–Crippen LogP) is -1.92. The molecule has 0 saturated heterocycles. The van der Waals surface area contributed by atoms with Crippen LogP contribution in [0.2, 0.25) is 0 Å². The van der Waals surface area contributed by atoms with Crippen molar-refractivity contribution in [1.82, 2.24) is 0 Å². The molecule has 1 atom stereocenters. The minimum Gasteiger partial charge on any atom is -1.00 e. The molecule has 14 heavy (non-hydrogen) atoms. The Balaban J connectivity index is 0.00000169. The number of halogens is 1. The van der Waals surface area contributed by atoms with Gasteiger partial charge in [-0.2, -0.15) is 0 Å². The number of carbonyl (C=O) groups excluding carboxylic acids is 1. The standard InChI is InChI=1S/C10H13NO2.ClH/c1-8(11)10(12)13-7-9-5-3-2-4-6-9;/h2-6,8H,7,11H2,1H3;1H/p-1. The Hall–Kier alpha value is -1.06. The van der Waals surface area contributed by atoms with Gasteiger partial charge in [-0.15, -0.1) is 0 Å². The quantitative estimate of drug-likeness (QED) is 0.597. The Morgan fingerprint density at radius 2 is 2.00 bits per heavy atom. The van der Waals surface area contributed by atoms with Gasteiger partial charge in [-0.3, -0.25) is 4.79 Å². The monoisotopic (exact) mass is 214 g/mol. The third-order valence-corrected chi connectivity index (χ3v) is 1.60. The fourth-order valence-corrected chi connectivity index (χ4v) is 0.860. The first kappa shape index (κ1) is 12.9. The molecule has 4 heteroatoms. The summed E-state index contributed by atoms with van der Waals surface area (Å²) in [4.78, 5) is 11.0. The van der Waals surface area contributed by atoms with Crippen molar-refractivity contribution in [1.29, 1.82) is 0 Å². The molecule has 1 unspecified atom stereocenters. The summed E-state index contributed by atoms with van der Waals surface area (Å²) in [7, 11) is 0. The van der Waals surface area contributed by atoms with Crippen molar-refractivity contribution in [3.8, 4) is 0 Å². The smallest absolute Gasteiger partial charge is 0.322 e. The molecule has 0 aliphatic carbocycles. The second kappa shape index (κ2) is 6.40. The van der Waals surface area contributed by atoms with Crippen molar-refractivity contribution in [3.63, 3.8) is 0 Å². The lowest BCUT2D eigenvalue weighted by Crippen LogP contribution is -3.00. The van der Waals surface area contributed by atoms with Gasteiger partial charge in [-0.05, 0) is 12.5 Å². The molecule has 0 aliphatic heterocycles. The van der Waals surface area contributed by atoms with E-state index in [2.05, 4.69) is 0 Å². The minimum atomic E-state index is -0.552. The van der Waals surface area contributed by atoms with Crippen molar-refractivity contribution in [3.05, 3.63) is 35.9 Å². The number of benzene rings is 1. The molecular weight excluding hydrogens is 202 g/mol. The van der Waals surface area contributed by atoms with E-state index in [-0.39, 0.29) is 18.4 Å². The van der Waals surface area contributed by atoms with Crippen LogP contribution < -0.4 is 18.1 Å². The van der Waals surface area contributed by atoms with E-state index in [1.807, 2.05) is 30.3 Å². The summed E-state index contributed by atoms with van der Waals surface area (Å²) in [5.74, 6) is -0.371. The molecule has 78 valence electrons. The van der Waals surface area contributed by atoms with E-state index < -0.39 is 6.04 Å². The molecule has 1 aromatic rings. The van der Waals surface area contributed by atoms with Gasteiger partial charge >= 0.3 is 5.97 Å². The van der Waals surface area contributed by atoms with E-state index in [4.69, 9.17) is 10.5 Å². The van der Waals surface area contributed by atoms with Crippen LogP contribution in [0.1, 0.15) is 12.5 Å². The fourth-order valence-electron chi connectivity index (χ4n) is 0.860. The lowest BCUT2D eigenvalue weighted by molar-refractivity contribution is -0.146. The van der Waals surface area contributed by atoms with Crippen molar-refractivity contribution >= 4 is 5.97 Å². The molecule has 0 spiro atoms. The zero-order valence-electron chi connectivity index (χ0n) is 7.94. The Morgan fingerprint density at radius 3 is 2.50 bits per heavy atom. The zero-order valence-corrected chi connectivity index (χ0v) is 8.70. The Kier molecular flexibility index (Phi) is 5.92. The van der Waals surface area contributed by atoms with E-state index in [1.54, 1.807) is 6.92 Å². The number of nitrogens with two attached hydrogens (primary N) is 1. The van der Waals surface area contributed by atoms with Gasteiger partial charge in [0.05, 0.1) is 0 Å². The van der Waals surface area contributed by atoms with Crippen LogP contribution in [-0.4, -0.2) is 12.0 Å². The summed E-state index contributed by atoms with van der Waals surface area (Å²) in [5, 5.41) is 0. The maximum Gasteiger partial charge on any atom is 0.322 e. The van der Waals surface area contributed by atoms with Crippen LogP contribution in [0.5, 0.6) is 0 Å². The summed E-state index contributed by atoms with van der Waals surface area (Å²) in [5.41, 5.74) is 6.29.